The maximum Gasteiger partial charge on any atom is 0.241 e. The highest BCUT2D eigenvalue weighted by Gasteiger charge is 2.22. The molecule has 0 aliphatic carbocycles. The molecule has 1 aliphatic heterocycles. The number of nitrogens with zero attached hydrogens (tertiary/aromatic N) is 4. The Morgan fingerprint density at radius 3 is 2.69 bits per heavy atom. The number of rotatable bonds is 8. The Hall–Kier alpha value is -3.75. The first-order chi connectivity index (χ1) is 17.6. The van der Waals surface area contributed by atoms with Crippen LogP contribution in [0.3, 0.4) is 0 Å². The topological polar surface area (TPSA) is 94.2 Å². The predicted molar refractivity (Wildman–Crippen MR) is 140 cm³/mol. The number of aromatic nitrogens is 3. The van der Waals surface area contributed by atoms with Gasteiger partial charge in [-0.3, -0.25) is 14.5 Å². The fraction of sp³-hybridized carbons (Fsp3) is 0.259. The summed E-state index contributed by atoms with van der Waals surface area (Å²) in [7, 11) is 0. The summed E-state index contributed by atoms with van der Waals surface area (Å²) in [5, 5.41) is 12.5. The first-order valence-corrected chi connectivity index (χ1v) is 12.4. The molecule has 3 heterocycles. The van der Waals surface area contributed by atoms with Gasteiger partial charge in [-0.05, 0) is 41.8 Å². The molecule has 1 amide bonds. The van der Waals surface area contributed by atoms with Gasteiger partial charge in [0.15, 0.2) is 5.78 Å². The molecule has 4 aromatic rings. The molecule has 2 aromatic carbocycles. The van der Waals surface area contributed by atoms with Gasteiger partial charge < -0.3 is 15.2 Å². The predicted octanol–water partition coefficient (Wildman–Crippen LogP) is 3.64. The molecule has 184 valence electrons. The number of nitrogens with one attached hydrogen (secondary N) is 2. The Morgan fingerprint density at radius 2 is 1.89 bits per heavy atom. The Labute approximate surface area is 214 Å². The smallest absolute Gasteiger partial charge is 0.241 e. The van der Waals surface area contributed by atoms with Crippen LogP contribution in [0.2, 0.25) is 5.02 Å². The normalized spacial score (nSPS) is 14.2. The van der Waals surface area contributed by atoms with Crippen molar-refractivity contribution in [1.29, 1.82) is 0 Å². The summed E-state index contributed by atoms with van der Waals surface area (Å²) in [6.07, 6.45) is 4.36. The molecule has 36 heavy (non-hydrogen) atoms. The molecule has 8 nitrogen and oxygen atoms in total. The monoisotopic (exact) mass is 502 g/mol. The van der Waals surface area contributed by atoms with Crippen LogP contribution in [-0.4, -0.2) is 75.9 Å². The van der Waals surface area contributed by atoms with Gasteiger partial charge in [0.25, 0.3) is 0 Å². The Bertz CT molecular complexity index is 1370. The van der Waals surface area contributed by atoms with Gasteiger partial charge in [-0.15, -0.1) is 0 Å². The summed E-state index contributed by atoms with van der Waals surface area (Å²) < 4.78 is 0. The molecule has 1 saturated heterocycles. The summed E-state index contributed by atoms with van der Waals surface area (Å²) in [6, 6.07) is 16.6. The van der Waals surface area contributed by atoms with E-state index in [1.54, 1.807) is 30.5 Å². The number of ketones is 1. The van der Waals surface area contributed by atoms with Crippen molar-refractivity contribution in [3.63, 3.8) is 0 Å². The zero-order valence-electron chi connectivity index (χ0n) is 19.8. The average Bonchev–Trinajstić information content (AvgIpc) is 3.40. The van der Waals surface area contributed by atoms with Crippen molar-refractivity contribution in [3.05, 3.63) is 88.8 Å². The maximum atomic E-state index is 13.1. The van der Waals surface area contributed by atoms with Crippen LogP contribution in [0.1, 0.15) is 21.6 Å². The van der Waals surface area contributed by atoms with Crippen molar-refractivity contribution in [2.45, 2.75) is 6.42 Å². The summed E-state index contributed by atoms with van der Waals surface area (Å²) in [5.41, 5.74) is 3.39. The highest BCUT2D eigenvalue weighted by atomic mass is 35.5. The molecule has 0 spiro atoms. The van der Waals surface area contributed by atoms with E-state index >= 15 is 0 Å². The van der Waals surface area contributed by atoms with Gasteiger partial charge >= 0.3 is 0 Å². The third-order valence-corrected chi connectivity index (χ3v) is 6.93. The van der Waals surface area contributed by atoms with Crippen LogP contribution in [0.15, 0.2) is 67.0 Å². The molecule has 0 radical (unpaired) electrons. The highest BCUT2D eigenvalue weighted by molar-refractivity contribution is 6.37. The number of aromatic amines is 1. The van der Waals surface area contributed by atoms with Crippen LogP contribution in [-0.2, 0) is 11.2 Å². The zero-order chi connectivity index (χ0) is 24.9. The van der Waals surface area contributed by atoms with E-state index in [9.17, 15) is 9.59 Å². The van der Waals surface area contributed by atoms with E-state index in [0.717, 1.165) is 42.7 Å². The molecule has 9 heteroatoms. The molecular formula is C27H27ClN6O2. The zero-order valence-corrected chi connectivity index (χ0v) is 20.5. The van der Waals surface area contributed by atoms with Crippen molar-refractivity contribution in [2.24, 2.45) is 0 Å². The Kier molecular flexibility index (Phi) is 7.25. The minimum Gasteiger partial charge on any atom is -0.375 e. The minimum atomic E-state index is -0.163. The number of hydrogen-bond acceptors (Lipinski definition) is 6. The average molecular weight is 503 g/mol. The van der Waals surface area contributed by atoms with Crippen LogP contribution in [0.25, 0.3) is 10.9 Å². The number of amides is 1. The molecule has 0 unspecified atom stereocenters. The molecule has 2 N–H and O–H groups in total. The van der Waals surface area contributed by atoms with Crippen molar-refractivity contribution in [3.8, 4) is 0 Å². The largest absolute Gasteiger partial charge is 0.375 e. The molecule has 2 aromatic heterocycles. The van der Waals surface area contributed by atoms with Crippen molar-refractivity contribution in [2.75, 3.05) is 44.6 Å². The van der Waals surface area contributed by atoms with Gasteiger partial charge in [0.05, 0.1) is 22.9 Å². The number of hydrogen-bond donors (Lipinski definition) is 2. The molecule has 1 aliphatic rings. The molecule has 1 fully saturated rings. The maximum absolute atomic E-state index is 13.1. The van der Waals surface area contributed by atoms with Crippen LogP contribution in [0.4, 0.5) is 5.69 Å². The molecular weight excluding hydrogens is 476 g/mol. The van der Waals surface area contributed by atoms with Gasteiger partial charge in [-0.2, -0.15) is 10.2 Å². The lowest BCUT2D eigenvalue weighted by Crippen LogP contribution is -2.50. The van der Waals surface area contributed by atoms with Gasteiger partial charge in [0.2, 0.25) is 5.91 Å². The number of carbonyl (C=O) groups is 2. The Balaban J connectivity index is 1.15. The van der Waals surface area contributed by atoms with Crippen LogP contribution < -0.4 is 5.32 Å². The van der Waals surface area contributed by atoms with Crippen molar-refractivity contribution >= 4 is 39.9 Å². The van der Waals surface area contributed by atoms with Gasteiger partial charge in [-0.1, -0.05) is 29.8 Å². The number of benzene rings is 2. The van der Waals surface area contributed by atoms with E-state index in [1.165, 1.54) is 0 Å². The fourth-order valence-corrected chi connectivity index (χ4v) is 4.71. The lowest BCUT2D eigenvalue weighted by molar-refractivity contribution is -0.131. The van der Waals surface area contributed by atoms with E-state index in [1.807, 2.05) is 41.4 Å². The van der Waals surface area contributed by atoms with Crippen molar-refractivity contribution < 1.29 is 9.59 Å². The van der Waals surface area contributed by atoms with Gasteiger partial charge in [0.1, 0.15) is 0 Å². The summed E-state index contributed by atoms with van der Waals surface area (Å²) in [5.74, 6) is -0.155. The second-order valence-corrected chi connectivity index (χ2v) is 9.19. The second-order valence-electron chi connectivity index (χ2n) is 8.82. The highest BCUT2D eigenvalue weighted by Crippen LogP contribution is 2.28. The minimum absolute atomic E-state index is 0.00793. The third-order valence-electron chi connectivity index (χ3n) is 6.53. The molecule has 5 rings (SSSR count). The van der Waals surface area contributed by atoms with Crippen molar-refractivity contribution in [1.82, 2.24) is 25.0 Å². The number of fused-ring (bicyclic) bond motifs is 1. The number of carbonyl (C=O) groups excluding carboxylic acids is 2. The fourth-order valence-electron chi connectivity index (χ4n) is 4.43. The van der Waals surface area contributed by atoms with E-state index in [-0.39, 0.29) is 18.2 Å². The van der Waals surface area contributed by atoms with E-state index in [2.05, 4.69) is 25.4 Å². The Morgan fingerprint density at radius 1 is 1.03 bits per heavy atom. The summed E-state index contributed by atoms with van der Waals surface area (Å²) in [6.45, 7) is 4.00. The summed E-state index contributed by atoms with van der Waals surface area (Å²) >= 11 is 6.59. The van der Waals surface area contributed by atoms with Gasteiger partial charge in [0, 0.05) is 68.2 Å². The van der Waals surface area contributed by atoms with Crippen LogP contribution >= 0.6 is 11.6 Å². The van der Waals surface area contributed by atoms with Crippen LogP contribution in [0.5, 0.6) is 0 Å². The van der Waals surface area contributed by atoms with Crippen LogP contribution in [0, 0.1) is 0 Å². The quantitative estimate of drug-likeness (QED) is 0.357. The van der Waals surface area contributed by atoms with E-state index in [4.69, 9.17) is 11.6 Å². The third kappa shape index (κ3) is 5.40. The number of anilines is 1. The second kappa shape index (κ2) is 10.9. The number of H-pyrrole nitrogens is 1. The SMILES string of the molecule is O=C(c1ccc2cc[nH]c2c1)c1cccc(NCC(=O)N2CCN(CCc3cccnn3)CC2)c1Cl. The lowest BCUT2D eigenvalue weighted by atomic mass is 10.0. The number of halogens is 1. The molecule has 0 bridgehead atoms. The summed E-state index contributed by atoms with van der Waals surface area (Å²) in [4.78, 5) is 33.3. The lowest BCUT2D eigenvalue weighted by Gasteiger charge is -2.34. The molecule has 0 atom stereocenters. The molecule has 0 saturated carbocycles. The van der Waals surface area contributed by atoms with E-state index < -0.39 is 0 Å². The first kappa shape index (κ1) is 24.0. The number of piperazine rings is 1. The van der Waals surface area contributed by atoms with E-state index in [0.29, 0.717) is 34.9 Å². The standard InChI is InChI=1S/C27H27ClN6O2/c28-26-22(27(36)20-7-6-19-8-11-29-24(19)17-20)4-1-5-23(26)30-18-25(35)34-15-13-33(14-16-34)12-9-21-3-2-10-31-32-21/h1-8,10-11,17,29-30H,9,12-16,18H2. The first-order valence-electron chi connectivity index (χ1n) is 12.0. The van der Waals surface area contributed by atoms with Gasteiger partial charge in [-0.25, -0.2) is 0 Å².